The maximum Gasteiger partial charge on any atom is 0.123 e. The molecule has 0 spiro atoms. The van der Waals surface area contributed by atoms with Gasteiger partial charge in [-0.15, -0.1) is 0 Å². The van der Waals surface area contributed by atoms with Crippen LogP contribution >= 0.6 is 15.9 Å². The van der Waals surface area contributed by atoms with Gasteiger partial charge in [-0.05, 0) is 52.3 Å². The number of pyridine rings is 1. The molecule has 0 aliphatic carbocycles. The minimum atomic E-state index is -0.197. The Hall–Kier alpha value is -1.26. The largest absolute Gasteiger partial charge is 0.298 e. The van der Waals surface area contributed by atoms with Crippen molar-refractivity contribution in [3.63, 3.8) is 0 Å². The molecule has 0 unspecified atom stereocenters. The molecule has 18 heavy (non-hydrogen) atoms. The Bertz CT molecular complexity index is 513. The fourth-order valence-corrected chi connectivity index (χ4v) is 2.22. The highest BCUT2D eigenvalue weighted by Gasteiger charge is 2.03. The first-order valence-electron chi connectivity index (χ1n) is 5.66. The summed E-state index contributed by atoms with van der Waals surface area (Å²) >= 11 is 3.40. The lowest BCUT2D eigenvalue weighted by Gasteiger charge is -2.16. The summed E-state index contributed by atoms with van der Waals surface area (Å²) in [7, 11) is 2.03. The summed E-state index contributed by atoms with van der Waals surface area (Å²) in [5.74, 6) is -0.197. The molecular weight excluding hydrogens is 295 g/mol. The lowest BCUT2D eigenvalue weighted by atomic mass is 10.2. The van der Waals surface area contributed by atoms with E-state index in [2.05, 4.69) is 25.8 Å². The highest BCUT2D eigenvalue weighted by Crippen LogP contribution is 2.12. The van der Waals surface area contributed by atoms with Gasteiger partial charge in [0.15, 0.2) is 0 Å². The van der Waals surface area contributed by atoms with E-state index >= 15 is 0 Å². The van der Waals surface area contributed by atoms with Crippen LogP contribution in [0.4, 0.5) is 4.39 Å². The van der Waals surface area contributed by atoms with Gasteiger partial charge in [-0.3, -0.25) is 9.88 Å². The van der Waals surface area contributed by atoms with E-state index in [1.165, 1.54) is 12.1 Å². The van der Waals surface area contributed by atoms with Gasteiger partial charge in [-0.1, -0.05) is 12.1 Å². The summed E-state index contributed by atoms with van der Waals surface area (Å²) < 4.78 is 13.8. The van der Waals surface area contributed by atoms with Crippen LogP contribution in [0.1, 0.15) is 11.1 Å². The third kappa shape index (κ3) is 3.89. The Labute approximate surface area is 115 Å². The van der Waals surface area contributed by atoms with E-state index in [-0.39, 0.29) is 5.82 Å². The summed E-state index contributed by atoms with van der Waals surface area (Å²) in [5, 5.41) is 0. The van der Waals surface area contributed by atoms with E-state index < -0.39 is 0 Å². The van der Waals surface area contributed by atoms with E-state index in [1.54, 1.807) is 6.20 Å². The lowest BCUT2D eigenvalue weighted by molar-refractivity contribution is 0.318. The molecule has 2 nitrogen and oxygen atoms in total. The molecule has 0 N–H and O–H groups in total. The average Bonchev–Trinajstić information content (AvgIpc) is 2.32. The SMILES string of the molecule is CN(Cc1ccc(F)cc1)Cc1cncc(Br)c1. The molecule has 2 aromatic rings. The van der Waals surface area contributed by atoms with Gasteiger partial charge in [0.2, 0.25) is 0 Å². The lowest BCUT2D eigenvalue weighted by Crippen LogP contribution is -2.17. The van der Waals surface area contributed by atoms with Crippen LogP contribution in [0.2, 0.25) is 0 Å². The van der Waals surface area contributed by atoms with E-state index in [0.717, 1.165) is 28.7 Å². The van der Waals surface area contributed by atoms with Crippen molar-refractivity contribution in [2.75, 3.05) is 7.05 Å². The second-order valence-electron chi connectivity index (χ2n) is 4.31. The van der Waals surface area contributed by atoms with Crippen LogP contribution in [0.3, 0.4) is 0 Å². The summed E-state index contributed by atoms with van der Waals surface area (Å²) in [6.07, 6.45) is 3.62. The molecule has 0 saturated carbocycles. The first-order valence-corrected chi connectivity index (χ1v) is 6.45. The molecule has 0 fully saturated rings. The van der Waals surface area contributed by atoms with Gasteiger partial charge in [-0.2, -0.15) is 0 Å². The molecule has 4 heteroatoms. The Morgan fingerprint density at radius 1 is 1.11 bits per heavy atom. The van der Waals surface area contributed by atoms with Gasteiger partial charge < -0.3 is 0 Å². The molecule has 1 aromatic heterocycles. The first-order chi connectivity index (χ1) is 8.63. The maximum absolute atomic E-state index is 12.8. The molecule has 94 valence electrons. The van der Waals surface area contributed by atoms with Crippen LogP contribution in [0, 0.1) is 5.82 Å². The van der Waals surface area contributed by atoms with Gasteiger partial charge in [0.1, 0.15) is 5.82 Å². The van der Waals surface area contributed by atoms with Gasteiger partial charge >= 0.3 is 0 Å². The van der Waals surface area contributed by atoms with Crippen molar-refractivity contribution in [1.82, 2.24) is 9.88 Å². The fraction of sp³-hybridized carbons (Fsp3) is 0.214. The van der Waals surface area contributed by atoms with Gasteiger partial charge in [0, 0.05) is 30.0 Å². The van der Waals surface area contributed by atoms with Crippen LogP contribution in [0.25, 0.3) is 0 Å². The number of hydrogen-bond acceptors (Lipinski definition) is 2. The van der Waals surface area contributed by atoms with Crippen LogP contribution in [-0.4, -0.2) is 16.9 Å². The molecule has 0 bridgehead atoms. The molecule has 0 amide bonds. The summed E-state index contributed by atoms with van der Waals surface area (Å²) in [6, 6.07) is 8.65. The van der Waals surface area contributed by atoms with Gasteiger partial charge in [0.25, 0.3) is 0 Å². The fourth-order valence-electron chi connectivity index (χ4n) is 1.81. The summed E-state index contributed by atoms with van der Waals surface area (Å²) in [4.78, 5) is 6.30. The molecule has 1 heterocycles. The van der Waals surface area contributed by atoms with Crippen LogP contribution in [-0.2, 0) is 13.1 Å². The molecule has 0 saturated heterocycles. The highest BCUT2D eigenvalue weighted by molar-refractivity contribution is 9.10. The predicted molar refractivity (Wildman–Crippen MR) is 73.5 cm³/mol. The third-order valence-electron chi connectivity index (χ3n) is 2.58. The van der Waals surface area contributed by atoms with Crippen LogP contribution in [0.15, 0.2) is 47.2 Å². The zero-order valence-electron chi connectivity index (χ0n) is 10.1. The van der Waals surface area contributed by atoms with Crippen LogP contribution in [0.5, 0.6) is 0 Å². The summed E-state index contributed by atoms with van der Waals surface area (Å²) in [6.45, 7) is 1.59. The second kappa shape index (κ2) is 6.07. The van der Waals surface area contributed by atoms with Crippen molar-refractivity contribution in [2.45, 2.75) is 13.1 Å². The van der Waals surface area contributed by atoms with Crippen molar-refractivity contribution in [2.24, 2.45) is 0 Å². The zero-order valence-corrected chi connectivity index (χ0v) is 11.7. The van der Waals surface area contributed by atoms with Gasteiger partial charge in [0.05, 0.1) is 0 Å². The standard InChI is InChI=1S/C14H14BrFN2/c1-18(9-11-2-4-14(16)5-3-11)10-12-6-13(15)8-17-7-12/h2-8H,9-10H2,1H3. The predicted octanol–water partition coefficient (Wildman–Crippen LogP) is 3.62. The monoisotopic (exact) mass is 308 g/mol. The zero-order chi connectivity index (χ0) is 13.0. The van der Waals surface area contributed by atoms with Crippen LogP contribution < -0.4 is 0 Å². The molecule has 0 radical (unpaired) electrons. The van der Waals surface area contributed by atoms with Crippen molar-refractivity contribution in [1.29, 1.82) is 0 Å². The minimum Gasteiger partial charge on any atom is -0.298 e. The Morgan fingerprint density at radius 2 is 1.78 bits per heavy atom. The third-order valence-corrected chi connectivity index (χ3v) is 3.01. The molecule has 0 aliphatic heterocycles. The molecule has 1 aromatic carbocycles. The molecule has 2 rings (SSSR count). The Balaban J connectivity index is 1.96. The first kappa shape index (κ1) is 13.2. The number of benzene rings is 1. The number of aromatic nitrogens is 1. The van der Waals surface area contributed by atoms with Crippen molar-refractivity contribution < 1.29 is 4.39 Å². The number of halogens is 2. The number of nitrogens with zero attached hydrogens (tertiary/aromatic N) is 2. The molecule has 0 aliphatic rings. The van der Waals surface area contributed by atoms with E-state index in [4.69, 9.17) is 0 Å². The summed E-state index contributed by atoms with van der Waals surface area (Å²) in [5.41, 5.74) is 2.25. The van der Waals surface area contributed by atoms with E-state index in [1.807, 2.05) is 31.4 Å². The quantitative estimate of drug-likeness (QED) is 0.857. The van der Waals surface area contributed by atoms with Gasteiger partial charge in [-0.25, -0.2) is 4.39 Å². The maximum atomic E-state index is 12.8. The Morgan fingerprint density at radius 3 is 2.44 bits per heavy atom. The topological polar surface area (TPSA) is 16.1 Å². The smallest absolute Gasteiger partial charge is 0.123 e. The minimum absolute atomic E-state index is 0.197. The highest BCUT2D eigenvalue weighted by atomic mass is 79.9. The molecule has 0 atom stereocenters. The second-order valence-corrected chi connectivity index (χ2v) is 5.23. The van der Waals surface area contributed by atoms with E-state index in [9.17, 15) is 4.39 Å². The van der Waals surface area contributed by atoms with Crippen molar-refractivity contribution in [3.05, 3.63) is 64.1 Å². The average molecular weight is 309 g/mol. The van der Waals surface area contributed by atoms with Crippen molar-refractivity contribution >= 4 is 15.9 Å². The molecular formula is C14H14BrFN2. The van der Waals surface area contributed by atoms with Crippen molar-refractivity contribution in [3.8, 4) is 0 Å². The Kier molecular flexibility index (Phi) is 4.44. The van der Waals surface area contributed by atoms with E-state index in [0.29, 0.717) is 0 Å². The number of rotatable bonds is 4. The number of hydrogen-bond donors (Lipinski definition) is 0. The normalized spacial score (nSPS) is 10.9.